The molecule has 0 bridgehead atoms. The summed E-state index contributed by atoms with van der Waals surface area (Å²) in [5.74, 6) is 1.55. The SMILES string of the molecule is C[C@@H]1CCNC[C@@H]1N(C)c1nc(Cl)nc2c1ccn2C. The number of aromatic nitrogens is 3. The van der Waals surface area contributed by atoms with Gasteiger partial charge in [-0.3, -0.25) is 0 Å². The topological polar surface area (TPSA) is 46.0 Å². The van der Waals surface area contributed by atoms with Gasteiger partial charge in [0.25, 0.3) is 0 Å². The van der Waals surface area contributed by atoms with Gasteiger partial charge in [0, 0.05) is 32.9 Å². The number of likely N-dealkylation sites (N-methyl/N-ethyl adjacent to an activating group) is 1. The Morgan fingerprint density at radius 3 is 3.00 bits per heavy atom. The standard InChI is InChI=1S/C14H20ClN5/c1-9-4-6-16-8-11(9)20(3)13-10-5-7-19(2)12(10)17-14(15)18-13/h5,7,9,11,16H,4,6,8H2,1-3H3/t9-,11+/m1/s1. The Kier molecular flexibility index (Phi) is 3.56. The van der Waals surface area contributed by atoms with E-state index < -0.39 is 0 Å². The summed E-state index contributed by atoms with van der Waals surface area (Å²) < 4.78 is 1.97. The molecule has 1 fully saturated rings. The van der Waals surface area contributed by atoms with Gasteiger partial charge in [-0.1, -0.05) is 6.92 Å². The van der Waals surface area contributed by atoms with Crippen LogP contribution < -0.4 is 10.2 Å². The minimum absolute atomic E-state index is 0.303. The van der Waals surface area contributed by atoms with Crippen LogP contribution in [0.15, 0.2) is 12.3 Å². The maximum Gasteiger partial charge on any atom is 0.226 e. The molecule has 0 aromatic carbocycles. The fourth-order valence-electron chi connectivity index (χ4n) is 3.01. The van der Waals surface area contributed by atoms with E-state index in [0.29, 0.717) is 17.2 Å². The molecular formula is C14H20ClN5. The van der Waals surface area contributed by atoms with E-state index in [2.05, 4.69) is 40.2 Å². The van der Waals surface area contributed by atoms with Gasteiger partial charge in [-0.15, -0.1) is 0 Å². The van der Waals surface area contributed by atoms with Crippen molar-refractivity contribution in [2.75, 3.05) is 25.0 Å². The average molecular weight is 294 g/mol. The third-order valence-electron chi connectivity index (χ3n) is 4.30. The van der Waals surface area contributed by atoms with Crippen molar-refractivity contribution >= 4 is 28.5 Å². The van der Waals surface area contributed by atoms with Gasteiger partial charge in [0.05, 0.1) is 5.39 Å². The molecule has 2 aromatic rings. The fraction of sp³-hybridized carbons (Fsp3) is 0.571. The summed E-state index contributed by atoms with van der Waals surface area (Å²) in [6.45, 7) is 4.37. The van der Waals surface area contributed by atoms with E-state index in [0.717, 1.165) is 29.9 Å². The molecule has 20 heavy (non-hydrogen) atoms. The molecule has 3 heterocycles. The number of piperidine rings is 1. The van der Waals surface area contributed by atoms with Gasteiger partial charge in [-0.05, 0) is 36.6 Å². The molecule has 1 aliphatic heterocycles. The van der Waals surface area contributed by atoms with Crippen LogP contribution in [0.5, 0.6) is 0 Å². The highest BCUT2D eigenvalue weighted by molar-refractivity contribution is 6.28. The first-order valence-corrected chi connectivity index (χ1v) is 7.38. The van der Waals surface area contributed by atoms with Crippen molar-refractivity contribution in [3.8, 4) is 0 Å². The minimum atomic E-state index is 0.303. The molecule has 2 atom stereocenters. The van der Waals surface area contributed by atoms with Crippen LogP contribution in [0.1, 0.15) is 13.3 Å². The van der Waals surface area contributed by atoms with Crippen molar-refractivity contribution in [3.63, 3.8) is 0 Å². The lowest BCUT2D eigenvalue weighted by molar-refractivity contribution is 0.338. The molecule has 3 rings (SSSR count). The second-order valence-corrected chi connectivity index (χ2v) is 5.97. The third kappa shape index (κ3) is 2.25. The lowest BCUT2D eigenvalue weighted by Crippen LogP contribution is -2.49. The largest absolute Gasteiger partial charge is 0.354 e. The lowest BCUT2D eigenvalue weighted by atomic mass is 9.93. The first kappa shape index (κ1) is 13.6. The quantitative estimate of drug-likeness (QED) is 0.861. The van der Waals surface area contributed by atoms with Crippen LogP contribution in [0.2, 0.25) is 5.28 Å². The van der Waals surface area contributed by atoms with Crippen molar-refractivity contribution in [1.29, 1.82) is 0 Å². The van der Waals surface area contributed by atoms with E-state index in [1.54, 1.807) is 0 Å². The van der Waals surface area contributed by atoms with Crippen molar-refractivity contribution < 1.29 is 0 Å². The zero-order chi connectivity index (χ0) is 14.3. The van der Waals surface area contributed by atoms with Gasteiger partial charge in [0.15, 0.2) is 0 Å². The molecule has 0 unspecified atom stereocenters. The van der Waals surface area contributed by atoms with E-state index in [-0.39, 0.29) is 0 Å². The maximum absolute atomic E-state index is 6.09. The Balaban J connectivity index is 2.04. The number of halogens is 1. The van der Waals surface area contributed by atoms with Crippen LogP contribution in [0.25, 0.3) is 11.0 Å². The second-order valence-electron chi connectivity index (χ2n) is 5.63. The smallest absolute Gasteiger partial charge is 0.226 e. The van der Waals surface area contributed by atoms with Crippen LogP contribution in [0, 0.1) is 5.92 Å². The molecule has 0 radical (unpaired) electrons. The molecule has 5 nitrogen and oxygen atoms in total. The number of fused-ring (bicyclic) bond motifs is 1. The fourth-order valence-corrected chi connectivity index (χ4v) is 3.17. The number of anilines is 1. The number of aryl methyl sites for hydroxylation is 1. The van der Waals surface area contributed by atoms with E-state index in [9.17, 15) is 0 Å². The van der Waals surface area contributed by atoms with Crippen LogP contribution in [-0.2, 0) is 7.05 Å². The molecule has 108 valence electrons. The molecule has 2 aromatic heterocycles. The molecular weight excluding hydrogens is 274 g/mol. The summed E-state index contributed by atoms with van der Waals surface area (Å²) in [7, 11) is 4.07. The summed E-state index contributed by atoms with van der Waals surface area (Å²) in [5, 5.41) is 4.82. The Labute approximate surface area is 123 Å². The highest BCUT2D eigenvalue weighted by atomic mass is 35.5. The highest BCUT2D eigenvalue weighted by Gasteiger charge is 2.27. The van der Waals surface area contributed by atoms with Crippen molar-refractivity contribution in [3.05, 3.63) is 17.5 Å². The van der Waals surface area contributed by atoms with Crippen molar-refractivity contribution in [1.82, 2.24) is 19.9 Å². The predicted molar refractivity (Wildman–Crippen MR) is 82.4 cm³/mol. The molecule has 1 saturated heterocycles. The molecule has 0 saturated carbocycles. The first-order chi connectivity index (χ1) is 9.58. The van der Waals surface area contributed by atoms with Crippen molar-refractivity contribution in [2.45, 2.75) is 19.4 Å². The zero-order valence-electron chi connectivity index (χ0n) is 12.1. The third-order valence-corrected chi connectivity index (χ3v) is 4.46. The van der Waals surface area contributed by atoms with Crippen LogP contribution >= 0.6 is 11.6 Å². The molecule has 0 aliphatic carbocycles. The van der Waals surface area contributed by atoms with E-state index in [1.807, 2.05) is 17.8 Å². The van der Waals surface area contributed by atoms with Gasteiger partial charge in [0.2, 0.25) is 5.28 Å². The summed E-state index contributed by atoms with van der Waals surface area (Å²) >= 11 is 6.09. The van der Waals surface area contributed by atoms with Gasteiger partial charge >= 0.3 is 0 Å². The van der Waals surface area contributed by atoms with Gasteiger partial charge in [-0.2, -0.15) is 9.97 Å². The Hall–Kier alpha value is -1.33. The number of nitrogens with zero attached hydrogens (tertiary/aromatic N) is 4. The van der Waals surface area contributed by atoms with Crippen LogP contribution in [-0.4, -0.2) is 40.7 Å². The van der Waals surface area contributed by atoms with Gasteiger partial charge in [0.1, 0.15) is 11.5 Å². The Morgan fingerprint density at radius 1 is 1.45 bits per heavy atom. The number of nitrogens with one attached hydrogen (secondary N) is 1. The first-order valence-electron chi connectivity index (χ1n) is 7.00. The van der Waals surface area contributed by atoms with E-state index in [4.69, 9.17) is 11.6 Å². The molecule has 0 amide bonds. The molecule has 1 N–H and O–H groups in total. The molecule has 6 heteroatoms. The normalized spacial score (nSPS) is 23.2. The van der Waals surface area contributed by atoms with Crippen molar-refractivity contribution in [2.24, 2.45) is 13.0 Å². The van der Waals surface area contributed by atoms with E-state index in [1.165, 1.54) is 6.42 Å². The monoisotopic (exact) mass is 293 g/mol. The van der Waals surface area contributed by atoms with Crippen LogP contribution in [0.3, 0.4) is 0 Å². The highest BCUT2D eigenvalue weighted by Crippen LogP contribution is 2.29. The molecule has 1 aliphatic rings. The second kappa shape index (κ2) is 5.22. The lowest BCUT2D eigenvalue weighted by Gasteiger charge is -2.37. The Morgan fingerprint density at radius 2 is 2.25 bits per heavy atom. The van der Waals surface area contributed by atoms with Gasteiger partial charge in [-0.25, -0.2) is 0 Å². The zero-order valence-corrected chi connectivity index (χ0v) is 12.9. The van der Waals surface area contributed by atoms with Gasteiger partial charge < -0.3 is 14.8 Å². The minimum Gasteiger partial charge on any atom is -0.354 e. The maximum atomic E-state index is 6.09. The van der Waals surface area contributed by atoms with E-state index >= 15 is 0 Å². The number of hydrogen-bond donors (Lipinski definition) is 1. The Bertz CT molecular complexity index is 623. The molecule has 0 spiro atoms. The number of hydrogen-bond acceptors (Lipinski definition) is 4. The summed E-state index contributed by atoms with van der Waals surface area (Å²) in [5.41, 5.74) is 0.878. The summed E-state index contributed by atoms with van der Waals surface area (Å²) in [6.07, 6.45) is 3.18. The summed E-state index contributed by atoms with van der Waals surface area (Å²) in [4.78, 5) is 11.0. The average Bonchev–Trinajstić information content (AvgIpc) is 2.79. The van der Waals surface area contributed by atoms with Crippen LogP contribution in [0.4, 0.5) is 5.82 Å². The summed E-state index contributed by atoms with van der Waals surface area (Å²) in [6, 6.07) is 2.48. The number of rotatable bonds is 2. The predicted octanol–water partition coefficient (Wildman–Crippen LogP) is 2.06.